The molecule has 0 atom stereocenters. The van der Waals surface area contributed by atoms with Crippen LogP contribution in [0.1, 0.15) is 24.2 Å². The monoisotopic (exact) mass is 437 g/mol. The van der Waals surface area contributed by atoms with Gasteiger partial charge in [-0.15, -0.1) is 11.3 Å². The lowest BCUT2D eigenvalue weighted by molar-refractivity contribution is 0.317. The van der Waals surface area contributed by atoms with Crippen molar-refractivity contribution in [3.63, 3.8) is 0 Å². The van der Waals surface area contributed by atoms with E-state index in [2.05, 4.69) is 17.1 Å². The zero-order valence-electron chi connectivity index (χ0n) is 17.6. The summed E-state index contributed by atoms with van der Waals surface area (Å²) in [5.74, 6) is 3.26. The standard InChI is InChI=1S/C23H23N3O4S/c1-4-11-29-17-8-5-15(6-9-17)23-25-21(30-26-23)13-22-24-18(14-31-22)16-7-10-19(27-2)20(12-16)28-3/h5-10,12,14H,4,11,13H2,1-3H3. The second-order valence-corrected chi connectivity index (χ2v) is 7.70. The Bertz CT molecular complexity index is 1140. The van der Waals surface area contributed by atoms with Crippen molar-refractivity contribution in [2.45, 2.75) is 19.8 Å². The van der Waals surface area contributed by atoms with Crippen LogP contribution in [0.25, 0.3) is 22.6 Å². The lowest BCUT2D eigenvalue weighted by Gasteiger charge is -2.08. The smallest absolute Gasteiger partial charge is 0.233 e. The van der Waals surface area contributed by atoms with Gasteiger partial charge in [0, 0.05) is 16.5 Å². The van der Waals surface area contributed by atoms with E-state index < -0.39 is 0 Å². The molecule has 4 rings (SSSR count). The zero-order chi connectivity index (χ0) is 21.6. The van der Waals surface area contributed by atoms with Crippen molar-refractivity contribution < 1.29 is 18.7 Å². The Morgan fingerprint density at radius 1 is 0.935 bits per heavy atom. The SMILES string of the molecule is CCCOc1ccc(-c2noc(Cc3nc(-c4ccc(OC)c(OC)c4)cs3)n2)cc1. The first-order chi connectivity index (χ1) is 15.2. The third-order valence-electron chi connectivity index (χ3n) is 4.59. The van der Waals surface area contributed by atoms with Crippen LogP contribution in [-0.4, -0.2) is 36.0 Å². The molecular formula is C23H23N3O4S. The Kier molecular flexibility index (Phi) is 6.47. The largest absolute Gasteiger partial charge is 0.494 e. The van der Waals surface area contributed by atoms with Crippen LogP contribution in [0, 0.1) is 0 Å². The average Bonchev–Trinajstić information content (AvgIpc) is 3.48. The molecule has 2 heterocycles. The zero-order valence-corrected chi connectivity index (χ0v) is 18.4. The highest BCUT2D eigenvalue weighted by molar-refractivity contribution is 7.10. The molecule has 0 N–H and O–H groups in total. The van der Waals surface area contributed by atoms with E-state index in [1.165, 1.54) is 0 Å². The highest BCUT2D eigenvalue weighted by Gasteiger charge is 2.13. The molecule has 160 valence electrons. The van der Waals surface area contributed by atoms with E-state index in [9.17, 15) is 0 Å². The first-order valence-electron chi connectivity index (χ1n) is 9.92. The maximum atomic E-state index is 5.61. The minimum absolute atomic E-state index is 0.475. The molecule has 2 aromatic heterocycles. The first kappa shape index (κ1) is 20.9. The molecule has 0 aliphatic rings. The van der Waals surface area contributed by atoms with Crippen LogP contribution in [0.4, 0.5) is 0 Å². The fourth-order valence-electron chi connectivity index (χ4n) is 3.01. The topological polar surface area (TPSA) is 79.5 Å². The summed E-state index contributed by atoms with van der Waals surface area (Å²) in [5.41, 5.74) is 2.70. The summed E-state index contributed by atoms with van der Waals surface area (Å²) < 4.78 is 21.7. The van der Waals surface area contributed by atoms with Gasteiger partial charge >= 0.3 is 0 Å². The summed E-state index contributed by atoms with van der Waals surface area (Å²) >= 11 is 1.55. The van der Waals surface area contributed by atoms with Crippen LogP contribution in [0.5, 0.6) is 17.2 Å². The molecule has 0 unspecified atom stereocenters. The Morgan fingerprint density at radius 3 is 2.45 bits per heavy atom. The van der Waals surface area contributed by atoms with Crippen molar-refractivity contribution in [1.82, 2.24) is 15.1 Å². The van der Waals surface area contributed by atoms with E-state index in [0.717, 1.165) is 34.0 Å². The molecule has 2 aromatic carbocycles. The van der Waals surface area contributed by atoms with Gasteiger partial charge < -0.3 is 18.7 Å². The Labute approximate surface area is 184 Å². The molecule has 0 amide bonds. The summed E-state index contributed by atoms with van der Waals surface area (Å²) in [7, 11) is 3.23. The predicted octanol–water partition coefficient (Wildman–Crippen LogP) is 5.26. The maximum Gasteiger partial charge on any atom is 0.233 e. The van der Waals surface area contributed by atoms with Gasteiger partial charge in [-0.2, -0.15) is 4.98 Å². The second kappa shape index (κ2) is 9.61. The second-order valence-electron chi connectivity index (χ2n) is 6.76. The van der Waals surface area contributed by atoms with Crippen molar-refractivity contribution in [3.05, 3.63) is 58.7 Å². The number of ether oxygens (including phenoxy) is 3. The lowest BCUT2D eigenvalue weighted by Crippen LogP contribution is -1.94. The van der Waals surface area contributed by atoms with Crippen molar-refractivity contribution in [2.24, 2.45) is 0 Å². The molecule has 0 bridgehead atoms. The van der Waals surface area contributed by atoms with Crippen LogP contribution in [-0.2, 0) is 6.42 Å². The normalized spacial score (nSPS) is 10.8. The number of hydrogen-bond acceptors (Lipinski definition) is 8. The molecule has 0 saturated heterocycles. The molecule has 0 saturated carbocycles. The fraction of sp³-hybridized carbons (Fsp3) is 0.261. The van der Waals surface area contributed by atoms with Crippen LogP contribution in [0.15, 0.2) is 52.4 Å². The van der Waals surface area contributed by atoms with Crippen molar-refractivity contribution in [2.75, 3.05) is 20.8 Å². The van der Waals surface area contributed by atoms with E-state index in [-0.39, 0.29) is 0 Å². The molecular weight excluding hydrogens is 414 g/mol. The molecule has 31 heavy (non-hydrogen) atoms. The highest BCUT2D eigenvalue weighted by Crippen LogP contribution is 2.33. The van der Waals surface area contributed by atoms with Crippen molar-refractivity contribution in [3.8, 4) is 39.9 Å². The summed E-state index contributed by atoms with van der Waals surface area (Å²) in [4.78, 5) is 9.22. The minimum atomic E-state index is 0.475. The van der Waals surface area contributed by atoms with Gasteiger partial charge in [0.2, 0.25) is 11.7 Å². The molecule has 0 fully saturated rings. The summed E-state index contributed by atoms with van der Waals surface area (Å²) in [6.45, 7) is 2.78. The van der Waals surface area contributed by atoms with Crippen LogP contribution >= 0.6 is 11.3 Å². The lowest BCUT2D eigenvalue weighted by atomic mass is 10.1. The third-order valence-corrected chi connectivity index (χ3v) is 5.44. The van der Waals surface area contributed by atoms with E-state index in [4.69, 9.17) is 23.7 Å². The van der Waals surface area contributed by atoms with E-state index in [0.29, 0.717) is 36.2 Å². The van der Waals surface area contributed by atoms with Crippen molar-refractivity contribution in [1.29, 1.82) is 0 Å². The van der Waals surface area contributed by atoms with Gasteiger partial charge in [-0.25, -0.2) is 4.98 Å². The van der Waals surface area contributed by atoms with Gasteiger partial charge in [0.05, 0.1) is 32.9 Å². The number of benzene rings is 2. The Balaban J connectivity index is 1.45. The number of nitrogens with zero attached hydrogens (tertiary/aromatic N) is 3. The van der Waals surface area contributed by atoms with E-state index in [1.807, 2.05) is 47.8 Å². The summed E-state index contributed by atoms with van der Waals surface area (Å²) in [6.07, 6.45) is 1.45. The third kappa shape index (κ3) is 4.86. The van der Waals surface area contributed by atoms with Crippen molar-refractivity contribution >= 4 is 11.3 Å². The first-order valence-corrected chi connectivity index (χ1v) is 10.8. The van der Waals surface area contributed by atoms with Gasteiger partial charge in [0.1, 0.15) is 10.8 Å². The molecule has 7 nitrogen and oxygen atoms in total. The average molecular weight is 438 g/mol. The van der Waals surface area contributed by atoms with Gasteiger partial charge in [-0.3, -0.25) is 0 Å². The van der Waals surface area contributed by atoms with Gasteiger partial charge in [0.15, 0.2) is 11.5 Å². The van der Waals surface area contributed by atoms with Gasteiger partial charge in [-0.1, -0.05) is 12.1 Å². The molecule has 0 aliphatic heterocycles. The van der Waals surface area contributed by atoms with Crippen LogP contribution < -0.4 is 14.2 Å². The Hall–Kier alpha value is -3.39. The van der Waals surface area contributed by atoms with E-state index in [1.54, 1.807) is 25.6 Å². The number of hydrogen-bond donors (Lipinski definition) is 0. The predicted molar refractivity (Wildman–Crippen MR) is 119 cm³/mol. The summed E-state index contributed by atoms with van der Waals surface area (Å²) in [6, 6.07) is 13.4. The van der Waals surface area contributed by atoms with Gasteiger partial charge in [-0.05, 0) is 48.9 Å². The Morgan fingerprint density at radius 2 is 1.71 bits per heavy atom. The quantitative estimate of drug-likeness (QED) is 0.353. The number of rotatable bonds is 9. The van der Waals surface area contributed by atoms with E-state index >= 15 is 0 Å². The molecule has 8 heteroatoms. The fourth-order valence-corrected chi connectivity index (χ4v) is 3.81. The highest BCUT2D eigenvalue weighted by atomic mass is 32.1. The molecule has 4 aromatic rings. The number of thiazole rings is 1. The minimum Gasteiger partial charge on any atom is -0.494 e. The molecule has 0 spiro atoms. The number of methoxy groups -OCH3 is 2. The number of aromatic nitrogens is 3. The molecule has 0 aliphatic carbocycles. The summed E-state index contributed by atoms with van der Waals surface area (Å²) in [5, 5.41) is 7.00. The van der Waals surface area contributed by atoms with Crippen LogP contribution in [0.3, 0.4) is 0 Å². The van der Waals surface area contributed by atoms with Crippen LogP contribution in [0.2, 0.25) is 0 Å². The molecule has 0 radical (unpaired) electrons. The maximum absolute atomic E-state index is 5.61. The van der Waals surface area contributed by atoms with Gasteiger partial charge in [0.25, 0.3) is 0 Å².